The van der Waals surface area contributed by atoms with E-state index in [4.69, 9.17) is 4.74 Å². The molecule has 1 amide bonds. The van der Waals surface area contributed by atoms with Gasteiger partial charge in [-0.25, -0.2) is 4.79 Å². The summed E-state index contributed by atoms with van der Waals surface area (Å²) in [5.41, 5.74) is 2.17. The summed E-state index contributed by atoms with van der Waals surface area (Å²) >= 11 is 0. The molecule has 1 fully saturated rings. The van der Waals surface area contributed by atoms with Crippen LogP contribution in [0.1, 0.15) is 18.2 Å². The third kappa shape index (κ3) is 3.43. The summed E-state index contributed by atoms with van der Waals surface area (Å²) in [7, 11) is 0. The molecule has 5 heteroatoms. The van der Waals surface area contributed by atoms with Gasteiger partial charge in [-0.15, -0.1) is 0 Å². The lowest BCUT2D eigenvalue weighted by atomic mass is 10.2. The first-order valence-corrected chi connectivity index (χ1v) is 6.22. The van der Waals surface area contributed by atoms with E-state index < -0.39 is 0 Å². The van der Waals surface area contributed by atoms with Gasteiger partial charge in [-0.2, -0.15) is 0 Å². The molecular weight excluding hydrogens is 230 g/mol. The van der Waals surface area contributed by atoms with E-state index in [1.165, 1.54) is 0 Å². The summed E-state index contributed by atoms with van der Waals surface area (Å²) in [4.78, 5) is 17.3. The molecule has 0 spiro atoms. The first-order chi connectivity index (χ1) is 8.65. The van der Waals surface area contributed by atoms with Crippen molar-refractivity contribution in [2.75, 3.05) is 19.7 Å². The Kier molecular flexibility index (Phi) is 4.15. The highest BCUT2D eigenvalue weighted by Gasteiger charge is 2.23. The molecule has 0 aliphatic carbocycles. The Morgan fingerprint density at radius 2 is 2.39 bits per heavy atom. The smallest absolute Gasteiger partial charge is 0.409 e. The standard InChI is InChI=1S/C13H19N3O2/c1-10-3-4-12(15-7-10)8-14-11(2)9-16-5-6-18-13(16)17/h3-4,7,11,14H,5-6,8-9H2,1-2H3/t11-/m0/s1. The highest BCUT2D eigenvalue weighted by Crippen LogP contribution is 2.04. The highest BCUT2D eigenvalue weighted by molar-refractivity contribution is 5.69. The van der Waals surface area contributed by atoms with Gasteiger partial charge in [0.2, 0.25) is 0 Å². The van der Waals surface area contributed by atoms with Crippen LogP contribution >= 0.6 is 0 Å². The molecule has 1 aliphatic rings. The molecule has 1 aliphatic heterocycles. The number of pyridine rings is 1. The fourth-order valence-electron chi connectivity index (χ4n) is 1.87. The summed E-state index contributed by atoms with van der Waals surface area (Å²) in [5, 5.41) is 3.35. The second-order valence-electron chi connectivity index (χ2n) is 4.67. The number of carbonyl (C=O) groups excluding carboxylic acids is 1. The summed E-state index contributed by atoms with van der Waals surface area (Å²) in [6.07, 6.45) is 1.65. The third-order valence-electron chi connectivity index (χ3n) is 2.94. The fourth-order valence-corrected chi connectivity index (χ4v) is 1.87. The maximum atomic E-state index is 11.3. The van der Waals surface area contributed by atoms with Crippen molar-refractivity contribution in [1.29, 1.82) is 0 Å². The molecule has 1 N–H and O–H groups in total. The van der Waals surface area contributed by atoms with E-state index >= 15 is 0 Å². The number of ether oxygens (including phenoxy) is 1. The van der Waals surface area contributed by atoms with Crippen LogP contribution in [0.25, 0.3) is 0 Å². The number of amides is 1. The van der Waals surface area contributed by atoms with Gasteiger partial charge in [0.25, 0.3) is 0 Å². The molecule has 1 atom stereocenters. The van der Waals surface area contributed by atoms with E-state index in [0.717, 1.165) is 11.3 Å². The van der Waals surface area contributed by atoms with E-state index in [1.807, 2.05) is 25.3 Å². The number of aryl methyl sites for hydroxylation is 1. The van der Waals surface area contributed by atoms with E-state index in [0.29, 0.717) is 26.2 Å². The number of hydrogen-bond donors (Lipinski definition) is 1. The first-order valence-electron chi connectivity index (χ1n) is 6.22. The van der Waals surface area contributed by atoms with Gasteiger partial charge in [0.15, 0.2) is 0 Å². The molecular formula is C13H19N3O2. The lowest BCUT2D eigenvalue weighted by molar-refractivity contribution is 0.156. The predicted molar refractivity (Wildman–Crippen MR) is 68.2 cm³/mol. The second-order valence-corrected chi connectivity index (χ2v) is 4.67. The Hall–Kier alpha value is -1.62. The van der Waals surface area contributed by atoms with Gasteiger partial charge in [0.05, 0.1) is 12.2 Å². The van der Waals surface area contributed by atoms with Gasteiger partial charge >= 0.3 is 6.09 Å². The van der Waals surface area contributed by atoms with Crippen LogP contribution in [0, 0.1) is 6.92 Å². The normalized spacial score (nSPS) is 16.8. The predicted octanol–water partition coefficient (Wildman–Crippen LogP) is 1.32. The molecule has 18 heavy (non-hydrogen) atoms. The molecule has 0 radical (unpaired) electrons. The summed E-state index contributed by atoms with van der Waals surface area (Å²) in [5.74, 6) is 0. The van der Waals surface area contributed by atoms with Crippen molar-refractivity contribution in [3.63, 3.8) is 0 Å². The SMILES string of the molecule is Cc1ccc(CN[C@@H](C)CN2CCOC2=O)nc1. The quantitative estimate of drug-likeness (QED) is 0.855. The van der Waals surface area contributed by atoms with Crippen molar-refractivity contribution in [2.45, 2.75) is 26.4 Å². The zero-order valence-corrected chi connectivity index (χ0v) is 10.8. The Balaban J connectivity index is 1.76. The largest absolute Gasteiger partial charge is 0.448 e. The van der Waals surface area contributed by atoms with E-state index in [2.05, 4.69) is 17.2 Å². The number of rotatable bonds is 5. The summed E-state index contributed by atoms with van der Waals surface area (Å²) in [6.45, 7) is 6.65. The van der Waals surface area contributed by atoms with Crippen LogP contribution in [-0.2, 0) is 11.3 Å². The minimum atomic E-state index is -0.211. The van der Waals surface area contributed by atoms with Gasteiger partial charge in [0.1, 0.15) is 6.61 Å². The second kappa shape index (κ2) is 5.82. The maximum absolute atomic E-state index is 11.3. The van der Waals surface area contributed by atoms with Crippen molar-refractivity contribution >= 4 is 6.09 Å². The molecule has 0 unspecified atom stereocenters. The Bertz CT molecular complexity index is 405. The van der Waals surface area contributed by atoms with Gasteiger partial charge in [0, 0.05) is 25.3 Å². The van der Waals surface area contributed by atoms with Gasteiger partial charge in [-0.05, 0) is 25.5 Å². The Labute approximate surface area is 107 Å². The topological polar surface area (TPSA) is 54.5 Å². The van der Waals surface area contributed by atoms with Crippen LogP contribution in [0.4, 0.5) is 4.79 Å². The van der Waals surface area contributed by atoms with Crippen molar-refractivity contribution in [3.8, 4) is 0 Å². The van der Waals surface area contributed by atoms with Gasteiger partial charge in [-0.1, -0.05) is 6.07 Å². The molecule has 1 aromatic heterocycles. The van der Waals surface area contributed by atoms with E-state index in [-0.39, 0.29) is 12.1 Å². The van der Waals surface area contributed by atoms with Crippen molar-refractivity contribution in [2.24, 2.45) is 0 Å². The minimum absolute atomic E-state index is 0.211. The molecule has 0 aromatic carbocycles. The number of cyclic esters (lactones) is 1. The molecule has 1 saturated heterocycles. The average Bonchev–Trinajstić information content (AvgIpc) is 2.74. The molecule has 0 bridgehead atoms. The first kappa shape index (κ1) is 12.8. The average molecular weight is 249 g/mol. The van der Waals surface area contributed by atoms with Crippen LogP contribution in [0.3, 0.4) is 0 Å². The number of nitrogens with one attached hydrogen (secondary N) is 1. The van der Waals surface area contributed by atoms with Crippen LogP contribution < -0.4 is 5.32 Å². The highest BCUT2D eigenvalue weighted by atomic mass is 16.6. The van der Waals surface area contributed by atoms with E-state index in [1.54, 1.807) is 4.90 Å². The fraction of sp³-hybridized carbons (Fsp3) is 0.538. The van der Waals surface area contributed by atoms with Gasteiger partial charge in [-0.3, -0.25) is 4.98 Å². The third-order valence-corrected chi connectivity index (χ3v) is 2.94. The van der Waals surface area contributed by atoms with Crippen LogP contribution in [-0.4, -0.2) is 41.7 Å². The Morgan fingerprint density at radius 1 is 1.56 bits per heavy atom. The lowest BCUT2D eigenvalue weighted by Crippen LogP contribution is -2.39. The molecule has 5 nitrogen and oxygen atoms in total. The minimum Gasteiger partial charge on any atom is -0.448 e. The molecule has 2 rings (SSSR count). The maximum Gasteiger partial charge on any atom is 0.409 e. The van der Waals surface area contributed by atoms with E-state index in [9.17, 15) is 4.79 Å². The van der Waals surface area contributed by atoms with Crippen LogP contribution in [0.15, 0.2) is 18.3 Å². The van der Waals surface area contributed by atoms with Crippen molar-refractivity contribution in [3.05, 3.63) is 29.6 Å². The lowest BCUT2D eigenvalue weighted by Gasteiger charge is -2.19. The molecule has 0 saturated carbocycles. The summed E-state index contributed by atoms with van der Waals surface area (Å²) in [6, 6.07) is 4.28. The zero-order chi connectivity index (χ0) is 13.0. The summed E-state index contributed by atoms with van der Waals surface area (Å²) < 4.78 is 4.89. The van der Waals surface area contributed by atoms with Crippen molar-refractivity contribution < 1.29 is 9.53 Å². The zero-order valence-electron chi connectivity index (χ0n) is 10.8. The Morgan fingerprint density at radius 3 is 3.00 bits per heavy atom. The number of nitrogens with zero attached hydrogens (tertiary/aromatic N) is 2. The number of carbonyl (C=O) groups is 1. The monoisotopic (exact) mass is 249 g/mol. The van der Waals surface area contributed by atoms with Gasteiger partial charge < -0.3 is 15.0 Å². The molecule has 1 aromatic rings. The van der Waals surface area contributed by atoms with Crippen LogP contribution in [0.2, 0.25) is 0 Å². The number of hydrogen-bond acceptors (Lipinski definition) is 4. The van der Waals surface area contributed by atoms with Crippen molar-refractivity contribution in [1.82, 2.24) is 15.2 Å². The molecule has 98 valence electrons. The van der Waals surface area contributed by atoms with Crippen LogP contribution in [0.5, 0.6) is 0 Å². The number of aromatic nitrogens is 1. The molecule has 2 heterocycles.